The van der Waals surface area contributed by atoms with Crippen LogP contribution in [-0.2, 0) is 23.8 Å². The van der Waals surface area contributed by atoms with Crippen LogP contribution in [-0.4, -0.2) is 32.2 Å². The third-order valence-electron chi connectivity index (χ3n) is 6.35. The minimum absolute atomic E-state index is 0.0570. The lowest BCUT2D eigenvalue weighted by atomic mass is 9.94. The van der Waals surface area contributed by atoms with Gasteiger partial charge in [-0.3, -0.25) is 4.79 Å². The standard InChI is InChI=1S/C28H27F5N2O3/c29-23-4-1-5-24(30)26(23)38-14-13-37-22-9-6-18(7-10-22)15-20(17-34)27(36)35-12-2-3-19-16-21(28(31,32)33)8-11-25(19)35/h1,4-11,16,20H,2-3,12-15,17,34H2. The molecule has 1 heterocycles. The lowest BCUT2D eigenvalue weighted by Crippen LogP contribution is -2.42. The van der Waals surface area contributed by atoms with Gasteiger partial charge in [-0.05, 0) is 72.9 Å². The molecule has 0 bridgehead atoms. The molecule has 3 aromatic rings. The van der Waals surface area contributed by atoms with Gasteiger partial charge in [0.2, 0.25) is 5.91 Å². The van der Waals surface area contributed by atoms with E-state index in [1.54, 1.807) is 24.3 Å². The summed E-state index contributed by atoms with van der Waals surface area (Å²) < 4.78 is 77.2. The molecule has 5 nitrogen and oxygen atoms in total. The van der Waals surface area contributed by atoms with Gasteiger partial charge in [-0.25, -0.2) is 8.78 Å². The Balaban J connectivity index is 1.34. The Kier molecular flexibility index (Phi) is 8.51. The lowest BCUT2D eigenvalue weighted by molar-refractivity contribution is -0.137. The summed E-state index contributed by atoms with van der Waals surface area (Å²) in [6, 6.07) is 13.9. The Morgan fingerprint density at radius 3 is 2.32 bits per heavy atom. The number of ether oxygens (including phenoxy) is 2. The average molecular weight is 535 g/mol. The van der Waals surface area contributed by atoms with Crippen LogP contribution in [0.1, 0.15) is 23.1 Å². The van der Waals surface area contributed by atoms with Gasteiger partial charge in [0.15, 0.2) is 17.4 Å². The van der Waals surface area contributed by atoms with E-state index in [0.29, 0.717) is 42.8 Å². The van der Waals surface area contributed by atoms with E-state index in [1.807, 2.05) is 0 Å². The molecule has 0 radical (unpaired) electrons. The molecule has 202 valence electrons. The zero-order valence-electron chi connectivity index (χ0n) is 20.4. The second kappa shape index (κ2) is 11.8. The number of nitrogens with zero attached hydrogens (tertiary/aromatic N) is 1. The summed E-state index contributed by atoms with van der Waals surface area (Å²) in [5, 5.41) is 0. The number of benzene rings is 3. The number of halogens is 5. The summed E-state index contributed by atoms with van der Waals surface area (Å²) in [5.74, 6) is -2.33. The molecule has 10 heteroatoms. The Labute approximate surface area is 217 Å². The van der Waals surface area contributed by atoms with E-state index in [1.165, 1.54) is 17.0 Å². The van der Waals surface area contributed by atoms with Gasteiger partial charge in [0, 0.05) is 18.8 Å². The molecule has 0 aromatic heterocycles. The van der Waals surface area contributed by atoms with Crippen LogP contribution < -0.4 is 20.1 Å². The molecule has 1 unspecified atom stereocenters. The van der Waals surface area contributed by atoms with E-state index >= 15 is 0 Å². The molecule has 4 rings (SSSR count). The molecule has 1 atom stereocenters. The van der Waals surface area contributed by atoms with Gasteiger partial charge >= 0.3 is 6.18 Å². The van der Waals surface area contributed by atoms with E-state index in [9.17, 15) is 26.7 Å². The number of hydrogen-bond acceptors (Lipinski definition) is 4. The summed E-state index contributed by atoms with van der Waals surface area (Å²) in [7, 11) is 0. The van der Waals surface area contributed by atoms with Crippen LogP contribution in [0.2, 0.25) is 0 Å². The summed E-state index contributed by atoms with van der Waals surface area (Å²) in [6.45, 7) is 0.486. The maximum Gasteiger partial charge on any atom is 0.416 e. The summed E-state index contributed by atoms with van der Waals surface area (Å²) in [5.41, 5.74) is 7.02. The van der Waals surface area contributed by atoms with Gasteiger partial charge in [0.25, 0.3) is 0 Å². The number of amides is 1. The van der Waals surface area contributed by atoms with Crippen molar-refractivity contribution >= 4 is 11.6 Å². The van der Waals surface area contributed by atoms with Crippen LogP contribution in [0.5, 0.6) is 11.5 Å². The Bertz CT molecular complexity index is 1240. The number of para-hydroxylation sites is 1. The molecule has 1 amide bonds. The van der Waals surface area contributed by atoms with Crippen LogP contribution in [0.25, 0.3) is 0 Å². The highest BCUT2D eigenvalue weighted by atomic mass is 19.4. The molecular weight excluding hydrogens is 507 g/mol. The van der Waals surface area contributed by atoms with Gasteiger partial charge < -0.3 is 20.1 Å². The van der Waals surface area contributed by atoms with E-state index in [4.69, 9.17) is 15.2 Å². The molecule has 1 aliphatic heterocycles. The minimum atomic E-state index is -4.44. The van der Waals surface area contributed by atoms with Crippen molar-refractivity contribution in [2.45, 2.75) is 25.4 Å². The molecule has 0 saturated heterocycles. The molecule has 1 aliphatic rings. The normalized spacial score (nSPS) is 14.1. The van der Waals surface area contributed by atoms with Gasteiger partial charge in [-0.2, -0.15) is 13.2 Å². The first kappa shape index (κ1) is 27.4. The van der Waals surface area contributed by atoms with Crippen molar-refractivity contribution in [3.63, 3.8) is 0 Å². The number of nitrogens with two attached hydrogens (primary N) is 1. The first-order valence-corrected chi connectivity index (χ1v) is 12.2. The Hall–Kier alpha value is -3.66. The van der Waals surface area contributed by atoms with Crippen LogP contribution >= 0.6 is 0 Å². The zero-order valence-corrected chi connectivity index (χ0v) is 20.4. The second-order valence-electron chi connectivity index (χ2n) is 8.96. The van der Waals surface area contributed by atoms with Crippen LogP contribution in [0.4, 0.5) is 27.6 Å². The van der Waals surface area contributed by atoms with Crippen molar-refractivity contribution in [3.05, 3.63) is 89.0 Å². The third kappa shape index (κ3) is 6.42. The smallest absolute Gasteiger partial charge is 0.416 e. The zero-order chi connectivity index (χ0) is 27.3. The molecule has 38 heavy (non-hydrogen) atoms. The summed E-state index contributed by atoms with van der Waals surface area (Å²) in [4.78, 5) is 14.9. The third-order valence-corrected chi connectivity index (χ3v) is 6.35. The minimum Gasteiger partial charge on any atom is -0.490 e. The molecule has 0 spiro atoms. The fourth-order valence-electron chi connectivity index (χ4n) is 4.42. The molecule has 0 fully saturated rings. The summed E-state index contributed by atoms with van der Waals surface area (Å²) in [6.07, 6.45) is -3.06. The highest BCUT2D eigenvalue weighted by Gasteiger charge is 2.33. The van der Waals surface area contributed by atoms with Crippen molar-refractivity contribution < 1.29 is 36.2 Å². The van der Waals surface area contributed by atoms with Crippen LogP contribution in [0.3, 0.4) is 0 Å². The van der Waals surface area contributed by atoms with Crippen molar-refractivity contribution in [3.8, 4) is 11.5 Å². The van der Waals surface area contributed by atoms with E-state index in [2.05, 4.69) is 0 Å². The Morgan fingerprint density at radius 1 is 0.974 bits per heavy atom. The van der Waals surface area contributed by atoms with Gasteiger partial charge in [0.05, 0.1) is 11.5 Å². The second-order valence-corrected chi connectivity index (χ2v) is 8.96. The molecule has 2 N–H and O–H groups in total. The number of carbonyl (C=O) groups excluding carboxylic acids is 1. The topological polar surface area (TPSA) is 64.8 Å². The van der Waals surface area contributed by atoms with Crippen molar-refractivity contribution in [1.82, 2.24) is 0 Å². The monoisotopic (exact) mass is 534 g/mol. The number of rotatable bonds is 9. The van der Waals surface area contributed by atoms with E-state index in [-0.39, 0.29) is 25.7 Å². The predicted octanol–water partition coefficient (Wildman–Crippen LogP) is 5.54. The van der Waals surface area contributed by atoms with Crippen molar-refractivity contribution in [2.75, 3.05) is 31.2 Å². The van der Waals surface area contributed by atoms with Crippen LogP contribution in [0, 0.1) is 17.6 Å². The number of aryl methyl sites for hydroxylation is 1. The highest BCUT2D eigenvalue weighted by Crippen LogP contribution is 2.36. The molecule has 3 aromatic carbocycles. The Morgan fingerprint density at radius 2 is 1.66 bits per heavy atom. The van der Waals surface area contributed by atoms with Gasteiger partial charge in [-0.1, -0.05) is 18.2 Å². The number of hydrogen-bond donors (Lipinski definition) is 1. The summed E-state index contributed by atoms with van der Waals surface area (Å²) >= 11 is 0. The van der Waals surface area contributed by atoms with Gasteiger partial charge in [0.1, 0.15) is 19.0 Å². The van der Waals surface area contributed by atoms with Crippen molar-refractivity contribution in [2.24, 2.45) is 11.7 Å². The lowest BCUT2D eigenvalue weighted by Gasteiger charge is -2.32. The predicted molar refractivity (Wildman–Crippen MR) is 132 cm³/mol. The number of fused-ring (bicyclic) bond motifs is 1. The largest absolute Gasteiger partial charge is 0.490 e. The molecular formula is C28H27F5N2O3. The quantitative estimate of drug-likeness (QED) is 0.289. The first-order chi connectivity index (χ1) is 18.2. The fourth-order valence-corrected chi connectivity index (χ4v) is 4.42. The molecule has 0 saturated carbocycles. The first-order valence-electron chi connectivity index (χ1n) is 12.2. The fraction of sp³-hybridized carbons (Fsp3) is 0.321. The highest BCUT2D eigenvalue weighted by molar-refractivity contribution is 5.96. The maximum atomic E-state index is 13.6. The van der Waals surface area contributed by atoms with E-state index < -0.39 is 35.0 Å². The SMILES string of the molecule is NCC(Cc1ccc(OCCOc2c(F)cccc2F)cc1)C(=O)N1CCCc2cc(C(F)(F)F)ccc21. The van der Waals surface area contributed by atoms with E-state index in [0.717, 1.165) is 29.8 Å². The van der Waals surface area contributed by atoms with Crippen molar-refractivity contribution in [1.29, 1.82) is 0 Å². The maximum absolute atomic E-state index is 13.6. The number of anilines is 1. The van der Waals surface area contributed by atoms with Gasteiger partial charge in [-0.15, -0.1) is 0 Å². The number of alkyl halides is 3. The molecule has 0 aliphatic carbocycles. The average Bonchev–Trinajstić information content (AvgIpc) is 2.90. The van der Waals surface area contributed by atoms with Crippen LogP contribution in [0.15, 0.2) is 60.7 Å². The number of carbonyl (C=O) groups is 1.